The van der Waals surface area contributed by atoms with Gasteiger partial charge in [0.25, 0.3) is 5.91 Å². The summed E-state index contributed by atoms with van der Waals surface area (Å²) in [6.45, 7) is 3.81. The van der Waals surface area contributed by atoms with Gasteiger partial charge >= 0.3 is 5.97 Å². The number of furan rings is 2. The molecule has 6 nitrogen and oxygen atoms in total. The van der Waals surface area contributed by atoms with Gasteiger partial charge in [0.1, 0.15) is 17.3 Å². The number of carbonyl (C=O) groups excluding carboxylic acids is 1. The third kappa shape index (κ3) is 3.75. The van der Waals surface area contributed by atoms with Crippen LogP contribution in [0.4, 0.5) is 0 Å². The molecule has 0 bridgehead atoms. The van der Waals surface area contributed by atoms with Crippen molar-refractivity contribution in [3.8, 4) is 0 Å². The van der Waals surface area contributed by atoms with E-state index in [-0.39, 0.29) is 25.4 Å². The molecule has 0 fully saturated rings. The molecule has 1 amide bonds. The van der Waals surface area contributed by atoms with Crippen LogP contribution >= 0.6 is 0 Å². The highest BCUT2D eigenvalue weighted by atomic mass is 16.4. The van der Waals surface area contributed by atoms with E-state index in [1.165, 1.54) is 11.2 Å². The molecule has 112 valence electrons. The van der Waals surface area contributed by atoms with E-state index in [0.29, 0.717) is 22.8 Å². The molecule has 21 heavy (non-hydrogen) atoms. The first kappa shape index (κ1) is 14.9. The zero-order valence-electron chi connectivity index (χ0n) is 12.0. The minimum absolute atomic E-state index is 0.110. The predicted octanol–water partition coefficient (Wildman–Crippen LogP) is 2.61. The lowest BCUT2D eigenvalue weighted by Crippen LogP contribution is -2.32. The van der Waals surface area contributed by atoms with Gasteiger partial charge in [-0.1, -0.05) is 0 Å². The first-order valence-electron chi connectivity index (χ1n) is 6.58. The lowest BCUT2D eigenvalue weighted by Gasteiger charge is -2.20. The number of carboxylic acid groups (broad SMARTS) is 1. The van der Waals surface area contributed by atoms with Gasteiger partial charge in [0.15, 0.2) is 0 Å². The Labute approximate surface area is 122 Å². The summed E-state index contributed by atoms with van der Waals surface area (Å²) in [6, 6.07) is 5.13. The van der Waals surface area contributed by atoms with Crippen molar-refractivity contribution >= 4 is 11.9 Å². The molecular formula is C15H17NO5. The van der Waals surface area contributed by atoms with Crippen molar-refractivity contribution in [2.45, 2.75) is 26.8 Å². The first-order chi connectivity index (χ1) is 9.97. The Kier molecular flexibility index (Phi) is 4.47. The molecule has 1 N–H and O–H groups in total. The van der Waals surface area contributed by atoms with E-state index in [2.05, 4.69) is 0 Å². The maximum absolute atomic E-state index is 12.5. The average molecular weight is 291 g/mol. The fourth-order valence-electron chi connectivity index (χ4n) is 2.09. The summed E-state index contributed by atoms with van der Waals surface area (Å²) in [5.41, 5.74) is 0.449. The second-order valence-corrected chi connectivity index (χ2v) is 4.78. The Balaban J connectivity index is 2.19. The quantitative estimate of drug-likeness (QED) is 0.884. The monoisotopic (exact) mass is 291 g/mol. The molecule has 0 radical (unpaired) electrons. The van der Waals surface area contributed by atoms with Gasteiger partial charge in [0, 0.05) is 6.54 Å². The molecule has 0 aromatic carbocycles. The molecule has 0 aliphatic heterocycles. The molecule has 2 rings (SSSR count). The van der Waals surface area contributed by atoms with Gasteiger partial charge < -0.3 is 18.8 Å². The molecule has 0 aliphatic rings. The number of carboxylic acids is 1. The van der Waals surface area contributed by atoms with Crippen LogP contribution in [0.3, 0.4) is 0 Å². The van der Waals surface area contributed by atoms with E-state index in [0.717, 1.165) is 0 Å². The number of aliphatic carboxylic acids is 1. The Morgan fingerprint density at radius 3 is 2.62 bits per heavy atom. The van der Waals surface area contributed by atoms with E-state index in [4.69, 9.17) is 13.9 Å². The summed E-state index contributed by atoms with van der Waals surface area (Å²) >= 11 is 0. The Morgan fingerprint density at radius 2 is 2.10 bits per heavy atom. The largest absolute Gasteiger partial charge is 0.481 e. The van der Waals surface area contributed by atoms with Gasteiger partial charge in [-0.05, 0) is 32.0 Å². The summed E-state index contributed by atoms with van der Waals surface area (Å²) in [4.78, 5) is 24.8. The van der Waals surface area contributed by atoms with E-state index in [9.17, 15) is 9.59 Å². The van der Waals surface area contributed by atoms with Crippen LogP contribution in [0.2, 0.25) is 0 Å². The van der Waals surface area contributed by atoms with Crippen LogP contribution in [0.25, 0.3) is 0 Å². The van der Waals surface area contributed by atoms with Crippen LogP contribution in [0.5, 0.6) is 0 Å². The molecule has 0 spiro atoms. The minimum atomic E-state index is -0.952. The third-order valence-corrected chi connectivity index (χ3v) is 3.08. The summed E-state index contributed by atoms with van der Waals surface area (Å²) < 4.78 is 10.6. The smallest absolute Gasteiger partial charge is 0.305 e. The number of amides is 1. The summed E-state index contributed by atoms with van der Waals surface area (Å²) in [7, 11) is 0. The van der Waals surface area contributed by atoms with Crippen LogP contribution in [0.1, 0.15) is 34.1 Å². The van der Waals surface area contributed by atoms with Crippen LogP contribution in [-0.2, 0) is 11.3 Å². The van der Waals surface area contributed by atoms with Crippen LogP contribution in [0.15, 0.2) is 33.3 Å². The van der Waals surface area contributed by atoms with Gasteiger partial charge in [-0.25, -0.2) is 0 Å². The zero-order chi connectivity index (χ0) is 15.4. The van der Waals surface area contributed by atoms with Crippen molar-refractivity contribution in [2.75, 3.05) is 6.54 Å². The molecule has 0 unspecified atom stereocenters. The van der Waals surface area contributed by atoms with Gasteiger partial charge in [-0.2, -0.15) is 0 Å². The summed E-state index contributed by atoms with van der Waals surface area (Å²) in [5, 5.41) is 8.82. The molecule has 2 aromatic heterocycles. The minimum Gasteiger partial charge on any atom is -0.481 e. The highest BCUT2D eigenvalue weighted by molar-refractivity contribution is 5.95. The molecule has 0 saturated carbocycles. The number of rotatable bonds is 6. The van der Waals surface area contributed by atoms with Gasteiger partial charge in [-0.15, -0.1) is 0 Å². The van der Waals surface area contributed by atoms with E-state index < -0.39 is 5.97 Å². The molecule has 0 atom stereocenters. The average Bonchev–Trinajstić information content (AvgIpc) is 3.03. The van der Waals surface area contributed by atoms with Crippen molar-refractivity contribution in [2.24, 2.45) is 0 Å². The SMILES string of the molecule is Cc1cc(C(=O)N(CCC(=O)O)Cc2ccco2)c(C)o1. The number of aryl methyl sites for hydroxylation is 2. The second kappa shape index (κ2) is 6.30. The fourth-order valence-corrected chi connectivity index (χ4v) is 2.09. The van der Waals surface area contributed by atoms with Crippen LogP contribution < -0.4 is 0 Å². The van der Waals surface area contributed by atoms with Crippen molar-refractivity contribution in [1.82, 2.24) is 4.90 Å². The zero-order valence-corrected chi connectivity index (χ0v) is 12.0. The fraction of sp³-hybridized carbons (Fsp3) is 0.333. The van der Waals surface area contributed by atoms with Crippen LogP contribution in [0, 0.1) is 13.8 Å². The number of nitrogens with zero attached hydrogens (tertiary/aromatic N) is 1. The highest BCUT2D eigenvalue weighted by Gasteiger charge is 2.22. The van der Waals surface area contributed by atoms with Crippen molar-refractivity contribution < 1.29 is 23.5 Å². The second-order valence-electron chi connectivity index (χ2n) is 4.78. The number of hydrogen-bond donors (Lipinski definition) is 1. The molecule has 2 heterocycles. The summed E-state index contributed by atoms with van der Waals surface area (Å²) in [6.07, 6.45) is 1.39. The van der Waals surface area contributed by atoms with E-state index >= 15 is 0 Å². The topological polar surface area (TPSA) is 83.9 Å². The molecule has 6 heteroatoms. The molecule has 2 aromatic rings. The lowest BCUT2D eigenvalue weighted by atomic mass is 10.2. The maximum atomic E-state index is 12.5. The normalized spacial score (nSPS) is 10.6. The summed E-state index contributed by atoms with van der Waals surface area (Å²) in [5.74, 6) is 0.560. The van der Waals surface area contributed by atoms with Crippen molar-refractivity contribution in [3.63, 3.8) is 0 Å². The van der Waals surface area contributed by atoms with Crippen molar-refractivity contribution in [1.29, 1.82) is 0 Å². The standard InChI is InChI=1S/C15H17NO5/c1-10-8-13(11(2)21-10)15(19)16(6-5-14(17)18)9-12-4-3-7-20-12/h3-4,7-8H,5-6,9H2,1-2H3,(H,17,18). The maximum Gasteiger partial charge on any atom is 0.305 e. The number of hydrogen-bond acceptors (Lipinski definition) is 4. The Hall–Kier alpha value is -2.50. The Bertz CT molecular complexity index is 627. The molecule has 0 saturated heterocycles. The predicted molar refractivity (Wildman–Crippen MR) is 73.9 cm³/mol. The first-order valence-corrected chi connectivity index (χ1v) is 6.58. The molecule has 0 aliphatic carbocycles. The number of carbonyl (C=O) groups is 2. The highest BCUT2D eigenvalue weighted by Crippen LogP contribution is 2.18. The van der Waals surface area contributed by atoms with Crippen LogP contribution in [-0.4, -0.2) is 28.4 Å². The third-order valence-electron chi connectivity index (χ3n) is 3.08. The van der Waals surface area contributed by atoms with Gasteiger partial charge in [0.2, 0.25) is 0 Å². The van der Waals surface area contributed by atoms with Crippen molar-refractivity contribution in [3.05, 3.63) is 47.3 Å². The van der Waals surface area contributed by atoms with Gasteiger partial charge in [0.05, 0.1) is 24.8 Å². The molecular weight excluding hydrogens is 274 g/mol. The van der Waals surface area contributed by atoms with Gasteiger partial charge in [-0.3, -0.25) is 9.59 Å². The van der Waals surface area contributed by atoms with E-state index in [1.54, 1.807) is 32.0 Å². The lowest BCUT2D eigenvalue weighted by molar-refractivity contribution is -0.137. The Morgan fingerprint density at radius 1 is 1.33 bits per heavy atom. The van der Waals surface area contributed by atoms with E-state index in [1.807, 2.05) is 0 Å².